The van der Waals surface area contributed by atoms with Crippen molar-refractivity contribution in [2.75, 3.05) is 131 Å². The molecule has 0 saturated heterocycles. The van der Waals surface area contributed by atoms with Gasteiger partial charge >= 0.3 is 0 Å². The predicted octanol–water partition coefficient (Wildman–Crippen LogP) is -1.20. The average Bonchev–Trinajstić information content (AvgIpc) is 3.41. The van der Waals surface area contributed by atoms with Crippen LogP contribution in [0, 0.1) is 0 Å². The monoisotopic (exact) mass is 1060 g/mol. The van der Waals surface area contributed by atoms with Gasteiger partial charge in [0.15, 0.2) is 0 Å². The first-order valence-electron chi connectivity index (χ1n) is 25.3. The summed E-state index contributed by atoms with van der Waals surface area (Å²) in [5.41, 5.74) is -1.55. The first-order valence-corrected chi connectivity index (χ1v) is 25.3. The number of amides is 8. The molecule has 25 nitrogen and oxygen atoms in total. The first-order chi connectivity index (χ1) is 37.1. The van der Waals surface area contributed by atoms with Crippen LogP contribution in [0.15, 0.2) is 72.8 Å². The second kappa shape index (κ2) is 26.9. The number of nitrogens with one attached hydrogen (secondary N) is 7. The molecule has 0 spiro atoms. The second-order valence-electron chi connectivity index (χ2n) is 18.4. The minimum atomic E-state index is -1.01. The number of fused-ring (bicyclic) bond motifs is 16. The summed E-state index contributed by atoms with van der Waals surface area (Å²) in [5.74, 6) is -8.08. The summed E-state index contributed by atoms with van der Waals surface area (Å²) in [7, 11) is 0. The molecule has 2 atom stereocenters. The molecule has 4 aromatic rings. The Morgan fingerprint density at radius 3 is 0.688 bits per heavy atom. The predicted molar refractivity (Wildman–Crippen MR) is 277 cm³/mol. The molecule has 8 amide bonds. The van der Waals surface area contributed by atoms with Crippen LogP contribution in [0.5, 0.6) is 23.0 Å². The number of nitrogens with zero attached hydrogens (tertiary/aromatic N) is 5. The van der Waals surface area contributed by atoms with E-state index in [9.17, 15) is 64.0 Å². The number of phenolic OH excluding ortho intramolecular Hbond substituents is 4. The lowest BCUT2D eigenvalue weighted by Gasteiger charge is -2.29. The zero-order chi connectivity index (χ0) is 55.0. The van der Waals surface area contributed by atoms with Gasteiger partial charge in [0, 0.05) is 124 Å². The molecule has 4 heterocycles. The minimum absolute atomic E-state index is 0.00574. The van der Waals surface area contributed by atoms with Gasteiger partial charge in [0.2, 0.25) is 0 Å². The fraction of sp³-hybridized carbons (Fsp3) is 0.385. The average molecular weight is 1070 g/mol. The van der Waals surface area contributed by atoms with Gasteiger partial charge in [0.25, 0.3) is 47.3 Å². The number of benzene rings is 4. The van der Waals surface area contributed by atoms with Crippen LogP contribution >= 0.6 is 0 Å². The molecule has 410 valence electrons. The highest BCUT2D eigenvalue weighted by Gasteiger charge is 2.26. The van der Waals surface area contributed by atoms with Crippen molar-refractivity contribution in [1.29, 1.82) is 0 Å². The number of hydrogen-bond acceptors (Lipinski definition) is 17. The Kier molecular flexibility index (Phi) is 19.7. The van der Waals surface area contributed by atoms with Gasteiger partial charge in [-0.1, -0.05) is 24.3 Å². The Labute approximate surface area is 443 Å². The van der Waals surface area contributed by atoms with Crippen molar-refractivity contribution in [3.8, 4) is 23.0 Å². The molecule has 77 heavy (non-hydrogen) atoms. The molecule has 2 unspecified atom stereocenters. The maximum Gasteiger partial charge on any atom is 0.281 e. The van der Waals surface area contributed by atoms with Crippen molar-refractivity contribution in [2.45, 2.75) is 0 Å². The Hall–Kier alpha value is -8.36. The van der Waals surface area contributed by atoms with Crippen molar-refractivity contribution in [3.05, 3.63) is 117 Å². The van der Waals surface area contributed by atoms with Crippen LogP contribution in [0.1, 0.15) is 82.9 Å². The molecule has 12 N–H and O–H groups in total. The van der Waals surface area contributed by atoms with Gasteiger partial charge in [-0.25, -0.2) is 5.06 Å². The molecular formula is C52H64N12O13. The maximum atomic E-state index is 13.7. The zero-order valence-corrected chi connectivity index (χ0v) is 42.3. The van der Waals surface area contributed by atoms with Crippen LogP contribution in [-0.2, 0) is 0 Å². The van der Waals surface area contributed by atoms with Crippen LogP contribution in [0.3, 0.4) is 0 Å². The van der Waals surface area contributed by atoms with E-state index in [2.05, 4.69) is 37.2 Å². The number of carbonyl (C=O) groups excluding carboxylic acids is 8. The number of para-hydroxylation sites is 4. The number of rotatable bonds is 0. The lowest BCUT2D eigenvalue weighted by Crippen LogP contribution is -2.46. The van der Waals surface area contributed by atoms with E-state index in [-0.39, 0.29) is 175 Å². The summed E-state index contributed by atoms with van der Waals surface area (Å²) >= 11 is 0. The van der Waals surface area contributed by atoms with Crippen LogP contribution in [0.4, 0.5) is 0 Å². The van der Waals surface area contributed by atoms with Crippen molar-refractivity contribution >= 4 is 47.3 Å². The minimum Gasteiger partial charge on any atom is -0.506 e. The summed E-state index contributed by atoms with van der Waals surface area (Å²) in [4.78, 5) is 116. The largest absolute Gasteiger partial charge is 0.506 e. The van der Waals surface area contributed by atoms with Crippen molar-refractivity contribution < 1.29 is 64.0 Å². The molecular weight excluding hydrogens is 1000 g/mol. The summed E-state index contributed by atoms with van der Waals surface area (Å²) in [5, 5.41) is 76.1. The highest BCUT2D eigenvalue weighted by Crippen LogP contribution is 2.26. The highest BCUT2D eigenvalue weighted by atomic mass is 16.5. The lowest BCUT2D eigenvalue weighted by molar-refractivity contribution is -0.0623. The van der Waals surface area contributed by atoms with Crippen molar-refractivity contribution in [3.63, 3.8) is 0 Å². The van der Waals surface area contributed by atoms with Gasteiger partial charge in [0.05, 0.1) is 51.1 Å². The van der Waals surface area contributed by atoms with Gasteiger partial charge in [-0.15, -0.1) is 0 Å². The summed E-state index contributed by atoms with van der Waals surface area (Å²) in [6.45, 7) is 1.38. The molecule has 12 bridgehead atoms. The van der Waals surface area contributed by atoms with E-state index < -0.39 is 70.3 Å². The third-order valence-electron chi connectivity index (χ3n) is 13.4. The molecule has 4 aromatic carbocycles. The Balaban J connectivity index is 1.29. The lowest BCUT2D eigenvalue weighted by atomic mass is 10.1. The molecule has 0 radical (unpaired) electrons. The number of hydroxylamine groups is 2. The van der Waals surface area contributed by atoms with E-state index in [1.165, 1.54) is 72.8 Å². The molecule has 8 rings (SSSR count). The molecule has 4 aliphatic rings. The van der Waals surface area contributed by atoms with Crippen molar-refractivity contribution in [1.82, 2.24) is 61.9 Å². The summed E-state index contributed by atoms with van der Waals surface area (Å²) < 4.78 is 0. The smallest absolute Gasteiger partial charge is 0.281 e. The molecule has 25 heteroatoms. The molecule has 0 fully saturated rings. The fourth-order valence-electron chi connectivity index (χ4n) is 8.97. The molecule has 0 aromatic heterocycles. The van der Waals surface area contributed by atoms with E-state index in [1.54, 1.807) is 4.90 Å². The third-order valence-corrected chi connectivity index (χ3v) is 13.4. The quantitative estimate of drug-likeness (QED) is 0.0921. The Morgan fingerprint density at radius 1 is 0.273 bits per heavy atom. The van der Waals surface area contributed by atoms with E-state index in [0.29, 0.717) is 5.06 Å². The number of hydrogen-bond donors (Lipinski definition) is 12. The first kappa shape index (κ1) is 56.4. The fourth-order valence-corrected chi connectivity index (χ4v) is 8.97. The topological polar surface area (TPSA) is 338 Å². The van der Waals surface area contributed by atoms with Crippen LogP contribution in [0.25, 0.3) is 0 Å². The number of phenols is 4. The van der Waals surface area contributed by atoms with Crippen LogP contribution < -0.4 is 37.2 Å². The molecule has 4 aliphatic heterocycles. The number of aromatic hydroxyl groups is 4. The van der Waals surface area contributed by atoms with Gasteiger partial charge in [-0.3, -0.25) is 63.2 Å². The maximum absolute atomic E-state index is 13.7. The molecule has 0 aliphatic carbocycles. The normalized spacial score (nSPS) is 21.9. The van der Waals surface area contributed by atoms with Crippen LogP contribution in [-0.4, -0.2) is 228 Å². The zero-order valence-electron chi connectivity index (χ0n) is 42.3. The van der Waals surface area contributed by atoms with E-state index in [1.807, 2.05) is 14.7 Å². The van der Waals surface area contributed by atoms with Gasteiger partial charge in [-0.05, 0) is 48.5 Å². The van der Waals surface area contributed by atoms with Gasteiger partial charge in [0.1, 0.15) is 23.0 Å². The van der Waals surface area contributed by atoms with E-state index in [4.69, 9.17) is 0 Å². The van der Waals surface area contributed by atoms with E-state index in [0.717, 1.165) is 0 Å². The summed E-state index contributed by atoms with van der Waals surface area (Å²) in [6.07, 6.45) is 0. The van der Waals surface area contributed by atoms with Crippen molar-refractivity contribution in [2.24, 2.45) is 0 Å². The third kappa shape index (κ3) is 14.7. The van der Waals surface area contributed by atoms with Gasteiger partial charge in [-0.2, -0.15) is 0 Å². The SMILES string of the molecule is O=C1NCCN2CCNC(=O)c3cccc(c3O)C(=O)NCCN(CCNC(=O)c3cccc1c3O)CCN1CCNC(=O)c3cccc(c3O)C(=O)NCCN(CCNC(=O)c3cccc(c3O)C(=O)N(O)CC1)CC2. The summed E-state index contributed by atoms with van der Waals surface area (Å²) in [6, 6.07) is 16.6. The Morgan fingerprint density at radius 2 is 0.455 bits per heavy atom. The number of carbonyl (C=O) groups is 8. The van der Waals surface area contributed by atoms with E-state index >= 15 is 0 Å². The Bertz CT molecular complexity index is 2760. The highest BCUT2D eigenvalue weighted by molar-refractivity contribution is 6.06. The second-order valence-corrected chi connectivity index (χ2v) is 18.4. The standard InChI is InChI=1S/C52H64N12O13/c65-41-33-5-1-7-35(41)48(72)56-16-24-62-25-17-57-49(73)36-8-2-6-34(42(36)66)46(70)54-14-21-60(20-13-53-45(33)69)27-28-61-22-15-55-47(71)37-9-3-10-38(43(37)67)50(74)59-19-26-63(30-29-62)31-32-64(77)52(76)40-12-4-11-39(44(40)68)51(75)58-18-23-61/h1-12,65-68,77H,13-32H2,(H,53,69)(H,54,70)(H,55,71)(H,56,72)(H,57,73)(H,58,75)(H,59,74). The molecule has 0 saturated carbocycles. The van der Waals surface area contributed by atoms with Crippen LogP contribution in [0.2, 0.25) is 0 Å². The van der Waals surface area contributed by atoms with Gasteiger partial charge < -0.3 is 57.6 Å².